The van der Waals surface area contributed by atoms with Crippen LogP contribution in [0.25, 0.3) is 0 Å². The van der Waals surface area contributed by atoms with Crippen molar-refractivity contribution in [3.05, 3.63) is 88.5 Å². The molecule has 0 atom stereocenters. The Hall–Kier alpha value is -3.07. The molecule has 3 nitrogen and oxygen atoms in total. The molecule has 0 fully saturated rings. The van der Waals surface area contributed by atoms with E-state index in [1.807, 2.05) is 36.4 Å². The summed E-state index contributed by atoms with van der Waals surface area (Å²) in [5.74, 6) is 1.67. The van der Waals surface area contributed by atoms with Crippen molar-refractivity contribution in [2.45, 2.75) is 27.7 Å². The van der Waals surface area contributed by atoms with E-state index in [4.69, 9.17) is 4.74 Å². The summed E-state index contributed by atoms with van der Waals surface area (Å²) in [7, 11) is 0. The van der Waals surface area contributed by atoms with Gasteiger partial charge in [-0.1, -0.05) is 12.1 Å². The van der Waals surface area contributed by atoms with Gasteiger partial charge in [0.05, 0.1) is 11.9 Å². The third-order valence-corrected chi connectivity index (χ3v) is 4.51. The molecule has 132 valence electrons. The zero-order chi connectivity index (χ0) is 18.5. The van der Waals surface area contributed by atoms with Crippen LogP contribution in [0.1, 0.15) is 27.8 Å². The Balaban J connectivity index is 1.61. The van der Waals surface area contributed by atoms with Crippen LogP contribution in [0, 0.1) is 27.7 Å². The number of anilines is 1. The number of aryl methyl sites for hydroxylation is 4. The van der Waals surface area contributed by atoms with E-state index < -0.39 is 0 Å². The SMILES string of the molecule is Cc1ccc(NN=Cc2ccc(Oc3ccc(C)c(C)c3)cc2)cc1C. The molecule has 0 radical (unpaired) electrons. The highest BCUT2D eigenvalue weighted by atomic mass is 16.5. The summed E-state index contributed by atoms with van der Waals surface area (Å²) >= 11 is 0. The fourth-order valence-corrected chi connectivity index (χ4v) is 2.53. The lowest BCUT2D eigenvalue weighted by Crippen LogP contribution is -1.92. The maximum atomic E-state index is 5.91. The van der Waals surface area contributed by atoms with E-state index >= 15 is 0 Å². The molecule has 0 aromatic heterocycles. The Morgan fingerprint density at radius 3 is 1.96 bits per heavy atom. The molecule has 0 aliphatic heterocycles. The fraction of sp³-hybridized carbons (Fsp3) is 0.174. The molecule has 0 spiro atoms. The Morgan fingerprint density at radius 1 is 0.692 bits per heavy atom. The van der Waals surface area contributed by atoms with Crippen LogP contribution in [0.15, 0.2) is 65.8 Å². The van der Waals surface area contributed by atoms with Gasteiger partial charge in [-0.15, -0.1) is 0 Å². The van der Waals surface area contributed by atoms with Crippen molar-refractivity contribution in [1.82, 2.24) is 0 Å². The lowest BCUT2D eigenvalue weighted by Gasteiger charge is -2.08. The molecule has 3 heteroatoms. The quantitative estimate of drug-likeness (QED) is 0.444. The van der Waals surface area contributed by atoms with Gasteiger partial charge in [0.15, 0.2) is 0 Å². The number of ether oxygens (including phenoxy) is 1. The van der Waals surface area contributed by atoms with Gasteiger partial charge in [-0.25, -0.2) is 0 Å². The van der Waals surface area contributed by atoms with E-state index in [9.17, 15) is 0 Å². The van der Waals surface area contributed by atoms with E-state index in [2.05, 4.69) is 62.5 Å². The van der Waals surface area contributed by atoms with Crippen LogP contribution in [0.4, 0.5) is 5.69 Å². The highest BCUT2D eigenvalue weighted by Gasteiger charge is 2.00. The van der Waals surface area contributed by atoms with E-state index in [1.165, 1.54) is 22.3 Å². The molecule has 0 aliphatic carbocycles. The minimum absolute atomic E-state index is 0.813. The molecule has 3 aromatic rings. The van der Waals surface area contributed by atoms with Crippen molar-refractivity contribution in [2.75, 3.05) is 5.43 Å². The van der Waals surface area contributed by atoms with Gasteiger partial charge in [-0.05, 0) is 104 Å². The Labute approximate surface area is 155 Å². The van der Waals surface area contributed by atoms with Gasteiger partial charge in [0.1, 0.15) is 11.5 Å². The number of nitrogens with one attached hydrogen (secondary N) is 1. The third-order valence-electron chi connectivity index (χ3n) is 4.51. The minimum atomic E-state index is 0.813. The predicted octanol–water partition coefficient (Wildman–Crippen LogP) is 6.16. The molecular weight excluding hydrogens is 320 g/mol. The molecule has 3 rings (SSSR count). The standard InChI is InChI=1S/C23H24N2O/c1-16-5-9-21(13-18(16)3)25-24-15-20-7-11-22(12-8-20)26-23-10-6-17(2)19(4)14-23/h5-15,25H,1-4H3. The monoisotopic (exact) mass is 344 g/mol. The molecule has 0 heterocycles. The summed E-state index contributed by atoms with van der Waals surface area (Å²) in [5, 5.41) is 4.30. The Bertz CT molecular complexity index is 927. The second kappa shape index (κ2) is 7.87. The minimum Gasteiger partial charge on any atom is -0.457 e. The van der Waals surface area contributed by atoms with E-state index in [1.54, 1.807) is 6.21 Å². The number of rotatable bonds is 5. The van der Waals surface area contributed by atoms with E-state index in [0.717, 1.165) is 22.7 Å². The normalized spacial score (nSPS) is 10.9. The summed E-state index contributed by atoms with van der Waals surface area (Å²) in [6.07, 6.45) is 1.80. The van der Waals surface area contributed by atoms with Crippen molar-refractivity contribution in [2.24, 2.45) is 5.10 Å². The van der Waals surface area contributed by atoms with Gasteiger partial charge in [0.25, 0.3) is 0 Å². The van der Waals surface area contributed by atoms with E-state index in [-0.39, 0.29) is 0 Å². The summed E-state index contributed by atoms with van der Waals surface area (Å²) in [4.78, 5) is 0. The zero-order valence-electron chi connectivity index (χ0n) is 15.7. The van der Waals surface area contributed by atoms with Crippen LogP contribution in [0.5, 0.6) is 11.5 Å². The number of nitrogens with zero attached hydrogens (tertiary/aromatic N) is 1. The maximum absolute atomic E-state index is 5.91. The van der Waals surface area contributed by atoms with Crippen molar-refractivity contribution >= 4 is 11.9 Å². The van der Waals surface area contributed by atoms with Gasteiger partial charge < -0.3 is 4.74 Å². The molecule has 0 aliphatic rings. The average Bonchev–Trinajstić information content (AvgIpc) is 2.63. The molecular formula is C23H24N2O. The molecule has 0 bridgehead atoms. The first-order valence-corrected chi connectivity index (χ1v) is 8.73. The molecule has 0 saturated carbocycles. The molecule has 3 aromatic carbocycles. The van der Waals surface area contributed by atoms with Crippen LogP contribution in [-0.2, 0) is 0 Å². The molecule has 0 unspecified atom stereocenters. The van der Waals surface area contributed by atoms with Gasteiger partial charge in [0, 0.05) is 0 Å². The summed E-state index contributed by atoms with van der Waals surface area (Å²) in [6, 6.07) is 20.2. The van der Waals surface area contributed by atoms with Crippen LogP contribution in [-0.4, -0.2) is 6.21 Å². The lowest BCUT2D eigenvalue weighted by atomic mass is 10.1. The summed E-state index contributed by atoms with van der Waals surface area (Å²) in [6.45, 7) is 8.38. The number of hydrogen-bond donors (Lipinski definition) is 1. The van der Waals surface area contributed by atoms with Crippen LogP contribution < -0.4 is 10.2 Å². The van der Waals surface area contributed by atoms with Gasteiger partial charge >= 0.3 is 0 Å². The zero-order valence-corrected chi connectivity index (χ0v) is 15.7. The van der Waals surface area contributed by atoms with Gasteiger partial charge in [-0.3, -0.25) is 5.43 Å². The highest BCUT2D eigenvalue weighted by molar-refractivity contribution is 5.80. The van der Waals surface area contributed by atoms with E-state index in [0.29, 0.717) is 0 Å². The lowest BCUT2D eigenvalue weighted by molar-refractivity contribution is 0.482. The summed E-state index contributed by atoms with van der Waals surface area (Å²) in [5.41, 5.74) is 10.1. The molecule has 0 amide bonds. The average molecular weight is 344 g/mol. The summed E-state index contributed by atoms with van der Waals surface area (Å²) < 4.78 is 5.91. The van der Waals surface area contributed by atoms with Gasteiger partial charge in [0.2, 0.25) is 0 Å². The molecule has 26 heavy (non-hydrogen) atoms. The Morgan fingerprint density at radius 2 is 1.31 bits per heavy atom. The number of hydrogen-bond acceptors (Lipinski definition) is 3. The number of hydrazone groups is 1. The fourth-order valence-electron chi connectivity index (χ4n) is 2.53. The Kier molecular flexibility index (Phi) is 5.37. The maximum Gasteiger partial charge on any atom is 0.127 e. The van der Waals surface area contributed by atoms with Crippen molar-refractivity contribution in [3.8, 4) is 11.5 Å². The molecule has 0 saturated heterocycles. The van der Waals surface area contributed by atoms with Crippen LogP contribution in [0.2, 0.25) is 0 Å². The van der Waals surface area contributed by atoms with Crippen molar-refractivity contribution < 1.29 is 4.74 Å². The second-order valence-corrected chi connectivity index (χ2v) is 6.59. The van der Waals surface area contributed by atoms with Gasteiger partial charge in [-0.2, -0.15) is 5.10 Å². The first kappa shape index (κ1) is 17.7. The van der Waals surface area contributed by atoms with Crippen molar-refractivity contribution in [3.63, 3.8) is 0 Å². The first-order valence-electron chi connectivity index (χ1n) is 8.73. The predicted molar refractivity (Wildman–Crippen MR) is 110 cm³/mol. The van der Waals surface area contributed by atoms with Crippen LogP contribution >= 0.6 is 0 Å². The smallest absolute Gasteiger partial charge is 0.127 e. The first-order chi connectivity index (χ1) is 12.5. The second-order valence-electron chi connectivity index (χ2n) is 6.59. The van der Waals surface area contributed by atoms with Crippen molar-refractivity contribution in [1.29, 1.82) is 0 Å². The highest BCUT2D eigenvalue weighted by Crippen LogP contribution is 2.23. The van der Waals surface area contributed by atoms with Crippen LogP contribution in [0.3, 0.4) is 0 Å². The topological polar surface area (TPSA) is 33.6 Å². The molecule has 1 N–H and O–H groups in total. The number of benzene rings is 3. The largest absolute Gasteiger partial charge is 0.457 e. The third kappa shape index (κ3) is 4.51.